The Morgan fingerprint density at radius 1 is 1.05 bits per heavy atom. The number of fused-ring (bicyclic) bond motifs is 1. The fraction of sp³-hybridized carbons (Fsp3) is 0.345. The fourth-order valence-corrected chi connectivity index (χ4v) is 5.10. The van der Waals surface area contributed by atoms with Crippen LogP contribution in [-0.4, -0.2) is 69.0 Å². The van der Waals surface area contributed by atoms with Crippen molar-refractivity contribution in [1.29, 1.82) is 0 Å². The number of carbonyl (C=O) groups excluding carboxylic acids is 1. The summed E-state index contributed by atoms with van der Waals surface area (Å²) >= 11 is 5.86. The molecule has 1 saturated heterocycles. The Hall–Kier alpha value is -3.87. The van der Waals surface area contributed by atoms with E-state index in [1.54, 1.807) is 42.1 Å². The summed E-state index contributed by atoms with van der Waals surface area (Å²) in [5.41, 5.74) is 0.850. The van der Waals surface area contributed by atoms with Gasteiger partial charge >= 0.3 is 6.18 Å². The summed E-state index contributed by atoms with van der Waals surface area (Å²) < 4.78 is 46.9. The number of imidazole rings is 1. The van der Waals surface area contributed by atoms with Crippen molar-refractivity contribution in [2.75, 3.05) is 43.4 Å². The number of carbonyl (C=O) groups is 1. The van der Waals surface area contributed by atoms with Gasteiger partial charge in [-0.25, -0.2) is 9.97 Å². The van der Waals surface area contributed by atoms with Gasteiger partial charge < -0.3 is 19.9 Å². The van der Waals surface area contributed by atoms with E-state index in [9.17, 15) is 18.0 Å². The first-order valence-corrected chi connectivity index (χ1v) is 13.8. The third-order valence-electron chi connectivity index (χ3n) is 7.12. The topological polar surface area (TPSA) is 87.5 Å². The lowest BCUT2D eigenvalue weighted by Gasteiger charge is -2.36. The Labute approximate surface area is 246 Å². The summed E-state index contributed by atoms with van der Waals surface area (Å²) in [6.07, 6.45) is -2.97. The average Bonchev–Trinajstić information content (AvgIpc) is 3.22. The molecular formula is C29H31ClF3N7O2. The molecule has 2 aromatic heterocycles. The Morgan fingerprint density at radius 2 is 1.79 bits per heavy atom. The number of rotatable bonds is 8. The van der Waals surface area contributed by atoms with E-state index in [1.807, 2.05) is 6.07 Å². The zero-order chi connectivity index (χ0) is 30.0. The molecule has 0 saturated carbocycles. The minimum Gasteiger partial charge on any atom is -0.457 e. The summed E-state index contributed by atoms with van der Waals surface area (Å²) in [4.78, 5) is 26.0. The summed E-state index contributed by atoms with van der Waals surface area (Å²) in [5.74, 6) is 1.66. The quantitative estimate of drug-likeness (QED) is 0.251. The lowest BCUT2D eigenvalue weighted by atomic mass is 10.2. The minimum absolute atomic E-state index is 0.137. The molecule has 13 heteroatoms. The number of nitrogens with one attached hydrogen (secondary N) is 2. The van der Waals surface area contributed by atoms with Crippen molar-refractivity contribution in [2.24, 2.45) is 7.05 Å². The van der Waals surface area contributed by atoms with Crippen molar-refractivity contribution in [3.8, 4) is 11.5 Å². The van der Waals surface area contributed by atoms with E-state index in [4.69, 9.17) is 16.3 Å². The highest BCUT2D eigenvalue weighted by atomic mass is 35.5. The van der Waals surface area contributed by atoms with Crippen LogP contribution in [0.1, 0.15) is 19.4 Å². The van der Waals surface area contributed by atoms with Crippen LogP contribution in [-0.2, 0) is 18.0 Å². The molecule has 4 aromatic rings. The zero-order valence-electron chi connectivity index (χ0n) is 23.4. The molecule has 9 nitrogen and oxygen atoms in total. The minimum atomic E-state index is -4.53. The maximum Gasteiger partial charge on any atom is 0.417 e. The van der Waals surface area contributed by atoms with Gasteiger partial charge in [0.2, 0.25) is 11.9 Å². The number of anilines is 3. The first kappa shape index (κ1) is 29.6. The lowest BCUT2D eigenvalue weighted by Crippen LogP contribution is -2.50. The molecule has 42 heavy (non-hydrogen) atoms. The van der Waals surface area contributed by atoms with Gasteiger partial charge in [0, 0.05) is 63.3 Å². The number of aromatic nitrogens is 3. The molecule has 1 amide bonds. The van der Waals surface area contributed by atoms with Crippen molar-refractivity contribution in [2.45, 2.75) is 26.1 Å². The highest BCUT2D eigenvalue weighted by molar-refractivity contribution is 6.31. The molecule has 2 aromatic carbocycles. The van der Waals surface area contributed by atoms with Crippen molar-refractivity contribution in [1.82, 2.24) is 24.3 Å². The van der Waals surface area contributed by atoms with Crippen LogP contribution in [0.15, 0.2) is 54.7 Å². The highest BCUT2D eigenvalue weighted by Gasteiger charge is 2.33. The number of benzene rings is 2. The second kappa shape index (κ2) is 12.2. The van der Waals surface area contributed by atoms with Crippen LogP contribution in [0.25, 0.3) is 11.0 Å². The molecular weight excluding hydrogens is 571 g/mol. The normalized spacial score (nSPS) is 14.9. The van der Waals surface area contributed by atoms with Crippen LogP contribution in [0, 0.1) is 0 Å². The van der Waals surface area contributed by atoms with Crippen LogP contribution >= 0.6 is 11.6 Å². The van der Waals surface area contributed by atoms with Crippen LogP contribution in [0.4, 0.5) is 30.6 Å². The molecule has 3 heterocycles. The number of hydrogen-bond acceptors (Lipinski definition) is 7. The Kier molecular flexibility index (Phi) is 8.58. The number of aryl methyl sites for hydroxylation is 1. The molecule has 1 fully saturated rings. The first-order chi connectivity index (χ1) is 20.0. The van der Waals surface area contributed by atoms with Gasteiger partial charge in [-0.05, 0) is 50.2 Å². The summed E-state index contributed by atoms with van der Waals surface area (Å²) in [7, 11) is 1.78. The number of alkyl halides is 3. The Bertz CT molecular complexity index is 1580. The monoisotopic (exact) mass is 601 g/mol. The van der Waals surface area contributed by atoms with Gasteiger partial charge in [-0.1, -0.05) is 11.6 Å². The Morgan fingerprint density at radius 3 is 2.48 bits per heavy atom. The van der Waals surface area contributed by atoms with E-state index in [2.05, 4.69) is 44.2 Å². The van der Waals surface area contributed by atoms with Crippen LogP contribution in [0.2, 0.25) is 5.02 Å². The van der Waals surface area contributed by atoms with Gasteiger partial charge in [0.15, 0.2) is 0 Å². The van der Waals surface area contributed by atoms with E-state index >= 15 is 0 Å². The van der Waals surface area contributed by atoms with E-state index in [0.717, 1.165) is 37.8 Å². The van der Waals surface area contributed by atoms with E-state index in [-0.39, 0.29) is 5.91 Å². The standard InChI is InChI=1S/C29H31ClF3N7O2/c1-18(2)40-12-10-39(11-13-40)17-27(41)37-26-16-21(8-9-34-26)42-20-5-7-25-24(15-20)36-28(38(25)3)35-19-4-6-22(23(30)14-19)29(31,32)33/h4-9,14-16,18H,10-13,17H2,1-3H3,(H,35,36)(H,34,37,41). The third kappa shape index (κ3) is 6.94. The number of nitrogens with zero attached hydrogens (tertiary/aromatic N) is 5. The van der Waals surface area contributed by atoms with Crippen molar-refractivity contribution < 1.29 is 22.7 Å². The molecule has 222 valence electrons. The average molecular weight is 602 g/mol. The van der Waals surface area contributed by atoms with Crippen molar-refractivity contribution in [3.63, 3.8) is 0 Å². The van der Waals surface area contributed by atoms with Gasteiger partial charge in [0.25, 0.3) is 0 Å². The molecule has 5 rings (SSSR count). The third-order valence-corrected chi connectivity index (χ3v) is 7.43. The van der Waals surface area contributed by atoms with Crippen LogP contribution in [0.3, 0.4) is 0 Å². The molecule has 0 aliphatic carbocycles. The largest absolute Gasteiger partial charge is 0.457 e. The predicted molar refractivity (Wildman–Crippen MR) is 157 cm³/mol. The van der Waals surface area contributed by atoms with Crippen LogP contribution < -0.4 is 15.4 Å². The zero-order valence-corrected chi connectivity index (χ0v) is 24.1. The van der Waals surface area contributed by atoms with Crippen molar-refractivity contribution >= 4 is 46.0 Å². The lowest BCUT2D eigenvalue weighted by molar-refractivity contribution is -0.137. The SMILES string of the molecule is CC(C)N1CCN(CC(=O)Nc2cc(Oc3ccc4c(c3)nc(Nc3ccc(C(F)(F)F)c(Cl)c3)n4C)ccn2)CC1. The smallest absolute Gasteiger partial charge is 0.417 e. The summed E-state index contributed by atoms with van der Waals surface area (Å²) in [5, 5.41) is 5.46. The second-order valence-corrected chi connectivity index (χ2v) is 10.8. The maximum absolute atomic E-state index is 13.0. The Balaban J connectivity index is 1.23. The van der Waals surface area contributed by atoms with Crippen LogP contribution in [0.5, 0.6) is 11.5 Å². The molecule has 0 bridgehead atoms. The molecule has 0 spiro atoms. The number of halogens is 4. The highest BCUT2D eigenvalue weighted by Crippen LogP contribution is 2.36. The second-order valence-electron chi connectivity index (χ2n) is 10.4. The number of hydrogen-bond donors (Lipinski definition) is 2. The number of piperazine rings is 1. The molecule has 0 unspecified atom stereocenters. The maximum atomic E-state index is 13.0. The predicted octanol–water partition coefficient (Wildman–Crippen LogP) is 6.14. The van der Waals surface area contributed by atoms with Gasteiger partial charge in [-0.3, -0.25) is 14.6 Å². The first-order valence-electron chi connectivity index (χ1n) is 13.5. The molecule has 2 N–H and O–H groups in total. The van der Waals surface area contributed by atoms with Gasteiger partial charge in [-0.2, -0.15) is 13.2 Å². The van der Waals surface area contributed by atoms with Gasteiger partial charge in [-0.15, -0.1) is 0 Å². The van der Waals surface area contributed by atoms with Gasteiger partial charge in [0.05, 0.1) is 28.2 Å². The fourth-order valence-electron chi connectivity index (χ4n) is 4.81. The van der Waals surface area contributed by atoms with Gasteiger partial charge in [0.1, 0.15) is 17.3 Å². The van der Waals surface area contributed by atoms with E-state index in [0.29, 0.717) is 47.1 Å². The summed E-state index contributed by atoms with van der Waals surface area (Å²) in [6.45, 7) is 8.21. The number of amides is 1. The molecule has 1 aliphatic rings. The molecule has 1 aliphatic heterocycles. The number of ether oxygens (including phenoxy) is 1. The molecule has 0 atom stereocenters. The van der Waals surface area contributed by atoms with E-state index in [1.165, 1.54) is 12.1 Å². The summed E-state index contributed by atoms with van der Waals surface area (Å²) in [6, 6.07) is 12.6. The van der Waals surface area contributed by atoms with E-state index < -0.39 is 16.8 Å². The molecule has 0 radical (unpaired) electrons. The number of pyridine rings is 1. The van der Waals surface area contributed by atoms with Crippen molar-refractivity contribution in [3.05, 3.63) is 65.3 Å².